The van der Waals surface area contributed by atoms with Gasteiger partial charge in [0, 0.05) is 58.4 Å². The van der Waals surface area contributed by atoms with Crippen LogP contribution in [-0.4, -0.2) is 90.7 Å². The van der Waals surface area contributed by atoms with Gasteiger partial charge in [-0.25, -0.2) is 0 Å². The van der Waals surface area contributed by atoms with Crippen LogP contribution in [0, 0.1) is 13.8 Å². The fourth-order valence-electron chi connectivity index (χ4n) is 4.23. The third-order valence-electron chi connectivity index (χ3n) is 5.93. The number of carbonyl (C=O) groups is 2. The van der Waals surface area contributed by atoms with Gasteiger partial charge in [-0.15, -0.1) is 0 Å². The maximum atomic E-state index is 12.7. The first-order valence-corrected chi connectivity index (χ1v) is 10.2. The molecule has 2 aliphatic heterocycles. The van der Waals surface area contributed by atoms with E-state index >= 15 is 0 Å². The number of hydrogen-bond acceptors (Lipinski definition) is 6. The highest BCUT2D eigenvalue weighted by molar-refractivity contribution is 5.84. The van der Waals surface area contributed by atoms with E-state index in [0.29, 0.717) is 32.5 Å². The summed E-state index contributed by atoms with van der Waals surface area (Å²) in [4.78, 5) is 31.5. The minimum Gasteiger partial charge on any atom is -0.383 e. The summed E-state index contributed by atoms with van der Waals surface area (Å²) < 4.78 is 10.3. The second-order valence-electron chi connectivity index (χ2n) is 7.70. The molecule has 2 aliphatic rings. The van der Waals surface area contributed by atoms with Crippen molar-refractivity contribution in [1.29, 1.82) is 0 Å². The van der Waals surface area contributed by atoms with Crippen LogP contribution in [0.2, 0.25) is 0 Å². The molecule has 0 aliphatic carbocycles. The molecular formula is C20H32N4O4. The Labute approximate surface area is 166 Å². The van der Waals surface area contributed by atoms with Crippen LogP contribution in [0.3, 0.4) is 0 Å². The number of methoxy groups -OCH3 is 1. The van der Waals surface area contributed by atoms with Crippen LogP contribution < -0.4 is 0 Å². The standard InChI is InChI=1S/C20H32N4O4/c1-15-17(16(2)28-21-15)5-6-19(25)23-9-4-8-22(11-12-23)18-7-10-24(20(18)26)13-14-27-3/h18H,4-14H2,1-3H3/t18-/m1/s1. The van der Waals surface area contributed by atoms with Gasteiger partial charge in [0.1, 0.15) is 5.76 Å². The number of carbonyl (C=O) groups excluding carboxylic acids is 2. The SMILES string of the molecule is COCCN1CC[C@@H](N2CCCN(C(=O)CCc3c(C)noc3C)CC2)C1=O. The van der Waals surface area contributed by atoms with Crippen LogP contribution >= 0.6 is 0 Å². The van der Waals surface area contributed by atoms with E-state index < -0.39 is 0 Å². The lowest BCUT2D eigenvalue weighted by atomic mass is 10.1. The van der Waals surface area contributed by atoms with Gasteiger partial charge in [0.25, 0.3) is 0 Å². The van der Waals surface area contributed by atoms with Gasteiger partial charge in [0.05, 0.1) is 18.3 Å². The number of amides is 2. The lowest BCUT2D eigenvalue weighted by Gasteiger charge is -2.26. The largest absolute Gasteiger partial charge is 0.383 e. The summed E-state index contributed by atoms with van der Waals surface area (Å²) in [6, 6.07) is -0.0470. The van der Waals surface area contributed by atoms with Crippen molar-refractivity contribution in [2.45, 2.75) is 45.6 Å². The third kappa shape index (κ3) is 4.72. The fraction of sp³-hybridized carbons (Fsp3) is 0.750. The summed E-state index contributed by atoms with van der Waals surface area (Å²) >= 11 is 0. The molecule has 156 valence electrons. The van der Waals surface area contributed by atoms with E-state index in [1.54, 1.807) is 7.11 Å². The molecule has 8 nitrogen and oxygen atoms in total. The molecule has 28 heavy (non-hydrogen) atoms. The van der Waals surface area contributed by atoms with Crippen LogP contribution in [-0.2, 0) is 20.7 Å². The van der Waals surface area contributed by atoms with Crippen molar-refractivity contribution in [2.75, 3.05) is 53.0 Å². The summed E-state index contributed by atoms with van der Waals surface area (Å²) in [6.45, 7) is 8.88. The van der Waals surface area contributed by atoms with Crippen molar-refractivity contribution in [2.24, 2.45) is 0 Å². The first-order valence-electron chi connectivity index (χ1n) is 10.2. The Bertz CT molecular complexity index is 670. The average Bonchev–Trinajstić information content (AvgIpc) is 3.09. The van der Waals surface area contributed by atoms with Gasteiger partial charge in [-0.3, -0.25) is 14.5 Å². The first kappa shape index (κ1) is 20.8. The molecule has 1 aromatic heterocycles. The molecule has 1 atom stereocenters. The summed E-state index contributed by atoms with van der Waals surface area (Å²) in [5.74, 6) is 1.17. The maximum Gasteiger partial charge on any atom is 0.240 e. The minimum atomic E-state index is -0.0470. The predicted molar refractivity (Wildman–Crippen MR) is 104 cm³/mol. The topological polar surface area (TPSA) is 79.1 Å². The summed E-state index contributed by atoms with van der Waals surface area (Å²) in [6.07, 6.45) is 2.90. The van der Waals surface area contributed by atoms with E-state index in [0.717, 1.165) is 56.0 Å². The minimum absolute atomic E-state index is 0.0470. The van der Waals surface area contributed by atoms with Crippen LogP contribution in [0.15, 0.2) is 4.52 Å². The molecule has 2 saturated heterocycles. The fourth-order valence-corrected chi connectivity index (χ4v) is 4.23. The van der Waals surface area contributed by atoms with Crippen molar-refractivity contribution >= 4 is 11.8 Å². The van der Waals surface area contributed by atoms with Crippen molar-refractivity contribution in [3.63, 3.8) is 0 Å². The van der Waals surface area contributed by atoms with E-state index in [2.05, 4.69) is 10.1 Å². The summed E-state index contributed by atoms with van der Waals surface area (Å²) in [5, 5.41) is 3.96. The molecule has 0 radical (unpaired) electrons. The van der Waals surface area contributed by atoms with E-state index in [1.165, 1.54) is 0 Å². The van der Waals surface area contributed by atoms with E-state index in [1.807, 2.05) is 23.6 Å². The van der Waals surface area contributed by atoms with Gasteiger partial charge in [0.2, 0.25) is 11.8 Å². The smallest absolute Gasteiger partial charge is 0.240 e. The number of aryl methyl sites for hydroxylation is 2. The van der Waals surface area contributed by atoms with Gasteiger partial charge in [-0.2, -0.15) is 0 Å². The van der Waals surface area contributed by atoms with E-state index in [9.17, 15) is 9.59 Å². The molecule has 0 spiro atoms. The molecule has 0 bridgehead atoms. The Morgan fingerprint density at radius 1 is 1.21 bits per heavy atom. The number of ether oxygens (including phenoxy) is 1. The van der Waals surface area contributed by atoms with Gasteiger partial charge >= 0.3 is 0 Å². The Balaban J connectivity index is 1.49. The highest BCUT2D eigenvalue weighted by atomic mass is 16.5. The Kier molecular flexibility index (Phi) is 7.07. The zero-order valence-electron chi connectivity index (χ0n) is 17.3. The molecular weight excluding hydrogens is 360 g/mol. The molecule has 1 aromatic rings. The lowest BCUT2D eigenvalue weighted by Crippen LogP contribution is -2.44. The normalized spacial score (nSPS) is 21.4. The van der Waals surface area contributed by atoms with Gasteiger partial charge < -0.3 is 19.1 Å². The van der Waals surface area contributed by atoms with Gasteiger partial charge in [-0.05, 0) is 33.1 Å². The zero-order valence-corrected chi connectivity index (χ0v) is 17.3. The van der Waals surface area contributed by atoms with Crippen LogP contribution in [0.1, 0.15) is 36.3 Å². The van der Waals surface area contributed by atoms with Crippen molar-refractivity contribution in [3.05, 3.63) is 17.0 Å². The van der Waals surface area contributed by atoms with E-state index in [-0.39, 0.29) is 17.9 Å². The van der Waals surface area contributed by atoms with Crippen molar-refractivity contribution in [3.8, 4) is 0 Å². The molecule has 0 aromatic carbocycles. The number of aromatic nitrogens is 1. The molecule has 2 amide bonds. The Hall–Kier alpha value is -1.93. The zero-order chi connectivity index (χ0) is 20.1. The second-order valence-corrected chi connectivity index (χ2v) is 7.70. The second kappa shape index (κ2) is 9.52. The monoisotopic (exact) mass is 392 g/mol. The van der Waals surface area contributed by atoms with E-state index in [4.69, 9.17) is 9.26 Å². The average molecular weight is 393 g/mol. The summed E-state index contributed by atoms with van der Waals surface area (Å²) in [7, 11) is 1.66. The van der Waals surface area contributed by atoms with Crippen LogP contribution in [0.5, 0.6) is 0 Å². The van der Waals surface area contributed by atoms with Crippen LogP contribution in [0.4, 0.5) is 0 Å². The molecule has 3 rings (SSSR count). The quantitative estimate of drug-likeness (QED) is 0.689. The molecule has 3 heterocycles. The lowest BCUT2D eigenvalue weighted by molar-refractivity contribution is -0.132. The Morgan fingerprint density at radius 3 is 2.75 bits per heavy atom. The molecule has 8 heteroatoms. The van der Waals surface area contributed by atoms with Crippen LogP contribution in [0.25, 0.3) is 0 Å². The number of likely N-dealkylation sites (tertiary alicyclic amines) is 1. The highest BCUT2D eigenvalue weighted by Crippen LogP contribution is 2.20. The van der Waals surface area contributed by atoms with Crippen molar-refractivity contribution in [1.82, 2.24) is 19.9 Å². The third-order valence-corrected chi connectivity index (χ3v) is 5.93. The summed E-state index contributed by atoms with van der Waals surface area (Å²) in [5.41, 5.74) is 1.91. The molecule has 0 unspecified atom stereocenters. The van der Waals surface area contributed by atoms with Gasteiger partial charge in [0.15, 0.2) is 0 Å². The highest BCUT2D eigenvalue weighted by Gasteiger charge is 2.36. The molecule has 2 fully saturated rings. The number of rotatable bonds is 7. The van der Waals surface area contributed by atoms with Crippen molar-refractivity contribution < 1.29 is 18.8 Å². The first-order chi connectivity index (χ1) is 13.5. The van der Waals surface area contributed by atoms with Gasteiger partial charge in [-0.1, -0.05) is 5.16 Å². The molecule has 0 N–H and O–H groups in total. The maximum absolute atomic E-state index is 12.7. The number of hydrogen-bond donors (Lipinski definition) is 0. The molecule has 0 saturated carbocycles. The predicted octanol–water partition coefficient (Wildman–Crippen LogP) is 1.01. The number of nitrogens with zero attached hydrogens (tertiary/aromatic N) is 4. The Morgan fingerprint density at radius 2 is 2.04 bits per heavy atom.